The van der Waals surface area contributed by atoms with Crippen molar-refractivity contribution in [1.82, 2.24) is 20.0 Å². The Labute approximate surface area is 111 Å². The summed E-state index contributed by atoms with van der Waals surface area (Å²) in [6.07, 6.45) is 4.83. The van der Waals surface area contributed by atoms with Crippen molar-refractivity contribution >= 4 is 11.8 Å². The van der Waals surface area contributed by atoms with Crippen molar-refractivity contribution in [3.05, 3.63) is 18.0 Å². The van der Waals surface area contributed by atoms with E-state index < -0.39 is 5.91 Å². The molecule has 7 heteroatoms. The lowest BCUT2D eigenvalue weighted by molar-refractivity contribution is -0.119. The van der Waals surface area contributed by atoms with Gasteiger partial charge >= 0.3 is 0 Å². The second kappa shape index (κ2) is 5.83. The van der Waals surface area contributed by atoms with Crippen molar-refractivity contribution in [2.75, 3.05) is 19.6 Å². The Morgan fingerprint density at radius 2 is 2.21 bits per heavy atom. The second-order valence-corrected chi connectivity index (χ2v) is 4.78. The molecule has 0 atom stereocenters. The predicted octanol–water partition coefficient (Wildman–Crippen LogP) is -0.900. The number of primary amides is 1. The fourth-order valence-corrected chi connectivity index (χ4v) is 2.35. The maximum absolute atomic E-state index is 12.4. The molecule has 0 aliphatic carbocycles. The molecule has 0 spiro atoms. The molecule has 1 aromatic heterocycles. The number of carbonyl (C=O) groups excluding carboxylic acids is 2. The monoisotopic (exact) mass is 265 g/mol. The average molecular weight is 265 g/mol. The minimum Gasteiger partial charge on any atom is -0.368 e. The summed E-state index contributed by atoms with van der Waals surface area (Å²) in [6.45, 7) is 1.65. The highest BCUT2D eigenvalue weighted by Crippen LogP contribution is 2.15. The molecule has 0 aromatic carbocycles. The highest BCUT2D eigenvalue weighted by atomic mass is 16.2. The smallest absolute Gasteiger partial charge is 0.257 e. The molecule has 7 nitrogen and oxygen atoms in total. The Bertz CT molecular complexity index is 464. The van der Waals surface area contributed by atoms with Crippen molar-refractivity contribution in [1.29, 1.82) is 0 Å². The molecule has 0 saturated carbocycles. The molecule has 1 saturated heterocycles. The number of aromatic nitrogens is 2. The topological polar surface area (TPSA) is 93.3 Å². The van der Waals surface area contributed by atoms with Crippen LogP contribution in [0.3, 0.4) is 0 Å². The Balaban J connectivity index is 2.16. The zero-order valence-corrected chi connectivity index (χ0v) is 11.0. The quantitative estimate of drug-likeness (QED) is 0.738. The lowest BCUT2D eigenvalue weighted by Crippen LogP contribution is -2.49. The first kappa shape index (κ1) is 13.5. The van der Waals surface area contributed by atoms with Gasteiger partial charge in [0, 0.05) is 19.3 Å². The van der Waals surface area contributed by atoms with Crippen molar-refractivity contribution in [3.63, 3.8) is 0 Å². The summed E-state index contributed by atoms with van der Waals surface area (Å²) in [6, 6.07) is 0.0569. The highest BCUT2D eigenvalue weighted by molar-refractivity contribution is 5.96. The molecule has 104 valence electrons. The number of rotatable bonds is 4. The number of amides is 2. The van der Waals surface area contributed by atoms with E-state index in [0.29, 0.717) is 5.56 Å². The van der Waals surface area contributed by atoms with E-state index in [-0.39, 0.29) is 18.5 Å². The summed E-state index contributed by atoms with van der Waals surface area (Å²) < 4.78 is 1.57. The first-order chi connectivity index (χ1) is 9.08. The van der Waals surface area contributed by atoms with Gasteiger partial charge in [0.15, 0.2) is 0 Å². The SMILES string of the molecule is Cn1cc(C(=O)N(CC(N)=O)C2CCNCC2)cn1. The van der Waals surface area contributed by atoms with Crippen LogP contribution in [0.2, 0.25) is 0 Å². The lowest BCUT2D eigenvalue weighted by Gasteiger charge is -2.33. The molecule has 0 radical (unpaired) electrons. The lowest BCUT2D eigenvalue weighted by atomic mass is 10.0. The number of nitrogens with one attached hydrogen (secondary N) is 1. The number of aryl methyl sites for hydroxylation is 1. The Kier molecular flexibility index (Phi) is 4.16. The number of nitrogens with two attached hydrogens (primary N) is 1. The van der Waals surface area contributed by atoms with Gasteiger partial charge in [0.05, 0.1) is 18.3 Å². The van der Waals surface area contributed by atoms with Gasteiger partial charge in [-0.25, -0.2) is 0 Å². The van der Waals surface area contributed by atoms with E-state index in [9.17, 15) is 9.59 Å². The summed E-state index contributed by atoms with van der Waals surface area (Å²) in [5, 5.41) is 7.22. The van der Waals surface area contributed by atoms with E-state index in [0.717, 1.165) is 25.9 Å². The van der Waals surface area contributed by atoms with Gasteiger partial charge in [-0.05, 0) is 25.9 Å². The molecule has 1 fully saturated rings. The van der Waals surface area contributed by atoms with Gasteiger partial charge in [-0.3, -0.25) is 14.3 Å². The fraction of sp³-hybridized carbons (Fsp3) is 0.583. The molecule has 0 unspecified atom stereocenters. The molecule has 0 bridgehead atoms. The maximum Gasteiger partial charge on any atom is 0.257 e. The van der Waals surface area contributed by atoms with Crippen LogP contribution >= 0.6 is 0 Å². The van der Waals surface area contributed by atoms with E-state index in [1.54, 1.807) is 22.8 Å². The van der Waals surface area contributed by atoms with Gasteiger partial charge in [-0.1, -0.05) is 0 Å². The summed E-state index contributed by atoms with van der Waals surface area (Å²) in [7, 11) is 1.75. The summed E-state index contributed by atoms with van der Waals surface area (Å²) in [5.41, 5.74) is 5.74. The number of carbonyl (C=O) groups is 2. The van der Waals surface area contributed by atoms with Gasteiger partial charge in [0.1, 0.15) is 0 Å². The Hall–Kier alpha value is -1.89. The Morgan fingerprint density at radius 3 is 2.74 bits per heavy atom. The molecule has 2 heterocycles. The van der Waals surface area contributed by atoms with E-state index in [4.69, 9.17) is 5.73 Å². The van der Waals surface area contributed by atoms with Crippen molar-refractivity contribution < 1.29 is 9.59 Å². The third-order valence-corrected chi connectivity index (χ3v) is 3.29. The fourth-order valence-electron chi connectivity index (χ4n) is 2.35. The van der Waals surface area contributed by atoms with Gasteiger partial charge in [0.25, 0.3) is 5.91 Å². The Morgan fingerprint density at radius 1 is 1.53 bits per heavy atom. The standard InChI is InChI=1S/C12H19N5O2/c1-16-7-9(6-15-16)12(19)17(8-11(13)18)10-2-4-14-5-3-10/h6-7,10,14H,2-5,8H2,1H3,(H2,13,18). The zero-order chi connectivity index (χ0) is 13.8. The van der Waals surface area contributed by atoms with Gasteiger partial charge in [-0.15, -0.1) is 0 Å². The van der Waals surface area contributed by atoms with Crippen LogP contribution in [-0.4, -0.2) is 52.2 Å². The molecule has 1 aliphatic heterocycles. The minimum absolute atomic E-state index is 0.0433. The van der Waals surface area contributed by atoms with Crippen LogP contribution in [0.15, 0.2) is 12.4 Å². The third-order valence-electron chi connectivity index (χ3n) is 3.29. The predicted molar refractivity (Wildman–Crippen MR) is 69.3 cm³/mol. The van der Waals surface area contributed by atoms with Gasteiger partial charge < -0.3 is 16.0 Å². The molecule has 2 amide bonds. The van der Waals surface area contributed by atoms with Crippen LogP contribution < -0.4 is 11.1 Å². The van der Waals surface area contributed by atoms with Crippen molar-refractivity contribution in [2.45, 2.75) is 18.9 Å². The largest absolute Gasteiger partial charge is 0.368 e. The first-order valence-corrected chi connectivity index (χ1v) is 6.36. The van der Waals surface area contributed by atoms with Crippen LogP contribution in [0.4, 0.5) is 0 Å². The van der Waals surface area contributed by atoms with Crippen LogP contribution in [0, 0.1) is 0 Å². The van der Waals surface area contributed by atoms with Gasteiger partial charge in [-0.2, -0.15) is 5.10 Å². The average Bonchev–Trinajstić information content (AvgIpc) is 2.83. The number of nitrogens with zero attached hydrogens (tertiary/aromatic N) is 3. The summed E-state index contributed by atoms with van der Waals surface area (Å²) in [5.74, 6) is -0.672. The molecular weight excluding hydrogens is 246 g/mol. The second-order valence-electron chi connectivity index (χ2n) is 4.78. The zero-order valence-electron chi connectivity index (χ0n) is 11.0. The van der Waals surface area contributed by atoms with E-state index in [2.05, 4.69) is 10.4 Å². The molecular formula is C12H19N5O2. The van der Waals surface area contributed by atoms with Crippen molar-refractivity contribution in [2.24, 2.45) is 12.8 Å². The number of hydrogen-bond acceptors (Lipinski definition) is 4. The molecule has 19 heavy (non-hydrogen) atoms. The summed E-state index contributed by atoms with van der Waals surface area (Å²) in [4.78, 5) is 25.2. The third kappa shape index (κ3) is 3.31. The minimum atomic E-state index is -0.490. The van der Waals surface area contributed by atoms with E-state index in [1.165, 1.54) is 6.20 Å². The van der Waals surface area contributed by atoms with Crippen LogP contribution in [-0.2, 0) is 11.8 Å². The van der Waals surface area contributed by atoms with Crippen molar-refractivity contribution in [3.8, 4) is 0 Å². The molecule has 1 aromatic rings. The van der Waals surface area contributed by atoms with Gasteiger partial charge in [0.2, 0.25) is 5.91 Å². The molecule has 3 N–H and O–H groups in total. The first-order valence-electron chi connectivity index (χ1n) is 6.36. The van der Waals surface area contributed by atoms with Crippen LogP contribution in [0.25, 0.3) is 0 Å². The number of hydrogen-bond donors (Lipinski definition) is 2. The van der Waals surface area contributed by atoms with Crippen LogP contribution in [0.1, 0.15) is 23.2 Å². The van der Waals surface area contributed by atoms with E-state index in [1.807, 2.05) is 0 Å². The van der Waals surface area contributed by atoms with Crippen LogP contribution in [0.5, 0.6) is 0 Å². The molecule has 1 aliphatic rings. The van der Waals surface area contributed by atoms with E-state index >= 15 is 0 Å². The normalized spacial score (nSPS) is 16.3. The maximum atomic E-state index is 12.4. The summed E-state index contributed by atoms with van der Waals surface area (Å²) >= 11 is 0. The highest BCUT2D eigenvalue weighted by Gasteiger charge is 2.27. The number of piperidine rings is 1. The molecule has 2 rings (SSSR count).